The van der Waals surface area contributed by atoms with Crippen molar-refractivity contribution in [1.29, 1.82) is 0 Å². The molecule has 26 heavy (non-hydrogen) atoms. The number of nitrogens with one attached hydrogen (secondary N) is 1. The first kappa shape index (κ1) is 16.8. The molecule has 0 saturated heterocycles. The molecule has 7 heteroatoms. The SMILES string of the molecule is Cn1c(C(=O)Nc2sc3c(c2C(N)=O)CCCC3)cc2ccc(F)cc21. The van der Waals surface area contributed by atoms with E-state index in [0.29, 0.717) is 21.8 Å². The van der Waals surface area contributed by atoms with Gasteiger partial charge in [0.2, 0.25) is 0 Å². The number of primary amides is 1. The molecule has 3 aromatic rings. The van der Waals surface area contributed by atoms with Crippen molar-refractivity contribution in [3.63, 3.8) is 0 Å². The van der Waals surface area contributed by atoms with Crippen LogP contribution in [-0.2, 0) is 19.9 Å². The number of hydrogen-bond donors (Lipinski definition) is 2. The Morgan fingerprint density at radius 2 is 2.00 bits per heavy atom. The maximum absolute atomic E-state index is 13.5. The van der Waals surface area contributed by atoms with E-state index in [4.69, 9.17) is 5.73 Å². The van der Waals surface area contributed by atoms with Crippen LogP contribution in [0.4, 0.5) is 9.39 Å². The lowest BCUT2D eigenvalue weighted by atomic mass is 9.95. The Kier molecular flexibility index (Phi) is 4.03. The number of fused-ring (bicyclic) bond motifs is 2. The molecule has 2 amide bonds. The molecule has 0 spiro atoms. The summed E-state index contributed by atoms with van der Waals surface area (Å²) in [5, 5.41) is 4.13. The van der Waals surface area contributed by atoms with Crippen molar-refractivity contribution in [2.75, 3.05) is 5.32 Å². The molecule has 3 N–H and O–H groups in total. The smallest absolute Gasteiger partial charge is 0.272 e. The Morgan fingerprint density at radius 3 is 2.77 bits per heavy atom. The molecule has 0 radical (unpaired) electrons. The summed E-state index contributed by atoms with van der Waals surface area (Å²) in [6, 6.07) is 6.11. The van der Waals surface area contributed by atoms with Crippen molar-refractivity contribution in [1.82, 2.24) is 4.57 Å². The van der Waals surface area contributed by atoms with E-state index in [1.165, 1.54) is 23.5 Å². The van der Waals surface area contributed by atoms with E-state index in [1.807, 2.05) is 0 Å². The zero-order valence-electron chi connectivity index (χ0n) is 14.3. The molecular weight excluding hydrogens is 353 g/mol. The van der Waals surface area contributed by atoms with Crippen molar-refractivity contribution in [2.45, 2.75) is 25.7 Å². The molecule has 5 nitrogen and oxygen atoms in total. The molecular formula is C19H18FN3O2S. The second kappa shape index (κ2) is 6.25. The summed E-state index contributed by atoms with van der Waals surface area (Å²) < 4.78 is 15.1. The van der Waals surface area contributed by atoms with Gasteiger partial charge in [0, 0.05) is 17.3 Å². The zero-order valence-corrected chi connectivity index (χ0v) is 15.1. The third-order valence-electron chi connectivity index (χ3n) is 4.88. The summed E-state index contributed by atoms with van der Waals surface area (Å²) in [5.41, 5.74) is 8.01. The Balaban J connectivity index is 1.72. The Bertz CT molecular complexity index is 1050. The Morgan fingerprint density at radius 1 is 1.23 bits per heavy atom. The summed E-state index contributed by atoms with van der Waals surface area (Å²) in [5.74, 6) is -1.21. The van der Waals surface area contributed by atoms with Crippen LogP contribution in [-0.4, -0.2) is 16.4 Å². The van der Waals surface area contributed by atoms with Crippen LogP contribution in [0.3, 0.4) is 0 Å². The van der Waals surface area contributed by atoms with Gasteiger partial charge < -0.3 is 15.6 Å². The average Bonchev–Trinajstić information content (AvgIpc) is 3.12. The standard InChI is InChI=1S/C19H18FN3O2S/c1-23-13-9-11(20)7-6-10(13)8-14(23)18(25)22-19-16(17(21)24)12-4-2-3-5-15(12)26-19/h6-9H,2-5H2,1H3,(H2,21,24)(H,22,25). The third-order valence-corrected chi connectivity index (χ3v) is 6.09. The minimum absolute atomic E-state index is 0.342. The van der Waals surface area contributed by atoms with Gasteiger partial charge in [0.25, 0.3) is 11.8 Å². The van der Waals surface area contributed by atoms with Gasteiger partial charge in [-0.25, -0.2) is 4.39 Å². The minimum Gasteiger partial charge on any atom is -0.365 e. The number of anilines is 1. The first-order chi connectivity index (χ1) is 12.5. The molecule has 134 valence electrons. The van der Waals surface area contributed by atoms with Gasteiger partial charge in [-0.05, 0) is 55.5 Å². The number of aromatic nitrogens is 1. The fourth-order valence-electron chi connectivity index (χ4n) is 3.60. The molecule has 2 heterocycles. The van der Waals surface area contributed by atoms with Gasteiger partial charge in [-0.15, -0.1) is 11.3 Å². The molecule has 0 unspecified atom stereocenters. The fourth-order valence-corrected chi connectivity index (χ4v) is 4.89. The van der Waals surface area contributed by atoms with E-state index >= 15 is 0 Å². The summed E-state index contributed by atoms with van der Waals surface area (Å²) in [7, 11) is 1.71. The van der Waals surface area contributed by atoms with Crippen molar-refractivity contribution in [3.05, 3.63) is 51.8 Å². The van der Waals surface area contributed by atoms with E-state index in [9.17, 15) is 14.0 Å². The number of rotatable bonds is 3. The molecule has 0 bridgehead atoms. The number of hydrogen-bond acceptors (Lipinski definition) is 3. The number of benzene rings is 1. The third kappa shape index (κ3) is 2.68. The summed E-state index contributed by atoms with van der Waals surface area (Å²) >= 11 is 1.43. The van der Waals surface area contributed by atoms with Crippen molar-refractivity contribution in [2.24, 2.45) is 12.8 Å². The minimum atomic E-state index is -0.515. The highest BCUT2D eigenvalue weighted by Crippen LogP contribution is 2.38. The second-order valence-corrected chi connectivity index (χ2v) is 7.63. The number of thiophene rings is 1. The lowest BCUT2D eigenvalue weighted by Crippen LogP contribution is -2.19. The number of nitrogens with zero attached hydrogens (tertiary/aromatic N) is 1. The first-order valence-corrected chi connectivity index (χ1v) is 9.28. The largest absolute Gasteiger partial charge is 0.365 e. The maximum Gasteiger partial charge on any atom is 0.272 e. The molecule has 0 saturated carbocycles. The lowest BCUT2D eigenvalue weighted by Gasteiger charge is -2.11. The van der Waals surface area contributed by atoms with E-state index < -0.39 is 5.91 Å². The molecule has 1 aliphatic rings. The highest BCUT2D eigenvalue weighted by Gasteiger charge is 2.26. The van der Waals surface area contributed by atoms with Crippen LogP contribution in [0.15, 0.2) is 24.3 Å². The molecule has 0 fully saturated rings. The van der Waals surface area contributed by atoms with Crippen LogP contribution in [0.2, 0.25) is 0 Å². The quantitative estimate of drug-likeness (QED) is 0.738. The van der Waals surface area contributed by atoms with E-state index in [-0.39, 0.29) is 11.7 Å². The predicted octanol–water partition coefficient (Wildman–Crippen LogP) is 3.61. The second-order valence-electron chi connectivity index (χ2n) is 6.53. The van der Waals surface area contributed by atoms with Gasteiger partial charge >= 0.3 is 0 Å². The van der Waals surface area contributed by atoms with Gasteiger partial charge in [0.05, 0.1) is 11.1 Å². The van der Waals surface area contributed by atoms with Gasteiger partial charge in [0.1, 0.15) is 16.5 Å². The number of amides is 2. The zero-order chi connectivity index (χ0) is 18.4. The van der Waals surface area contributed by atoms with Crippen molar-refractivity contribution >= 4 is 39.1 Å². The van der Waals surface area contributed by atoms with Gasteiger partial charge in [0.15, 0.2) is 0 Å². The predicted molar refractivity (Wildman–Crippen MR) is 100 cm³/mol. The summed E-state index contributed by atoms with van der Waals surface area (Å²) in [6.07, 6.45) is 3.82. The number of aryl methyl sites for hydroxylation is 2. The van der Waals surface area contributed by atoms with E-state index in [1.54, 1.807) is 23.7 Å². The molecule has 4 rings (SSSR count). The van der Waals surface area contributed by atoms with Crippen LogP contribution in [0.25, 0.3) is 10.9 Å². The molecule has 2 aromatic heterocycles. The van der Waals surface area contributed by atoms with Crippen molar-refractivity contribution < 1.29 is 14.0 Å². The van der Waals surface area contributed by atoms with Crippen LogP contribution < -0.4 is 11.1 Å². The number of carbonyl (C=O) groups excluding carboxylic acids is 2. The van der Waals surface area contributed by atoms with Gasteiger partial charge in [-0.2, -0.15) is 0 Å². The summed E-state index contributed by atoms with van der Waals surface area (Å²) in [4.78, 5) is 25.9. The van der Waals surface area contributed by atoms with Gasteiger partial charge in [-0.1, -0.05) is 0 Å². The highest BCUT2D eigenvalue weighted by atomic mass is 32.1. The van der Waals surface area contributed by atoms with Crippen LogP contribution in [0.1, 0.15) is 44.1 Å². The lowest BCUT2D eigenvalue weighted by molar-refractivity contribution is 0.100. The normalized spacial score (nSPS) is 13.6. The molecule has 1 aromatic carbocycles. The monoisotopic (exact) mass is 371 g/mol. The number of halogens is 1. The number of carbonyl (C=O) groups is 2. The van der Waals surface area contributed by atoms with E-state index in [0.717, 1.165) is 41.5 Å². The average molecular weight is 371 g/mol. The van der Waals surface area contributed by atoms with Crippen LogP contribution in [0.5, 0.6) is 0 Å². The topological polar surface area (TPSA) is 77.1 Å². The van der Waals surface area contributed by atoms with Crippen LogP contribution in [0, 0.1) is 5.82 Å². The van der Waals surface area contributed by atoms with Crippen molar-refractivity contribution in [3.8, 4) is 0 Å². The summed E-state index contributed by atoms with van der Waals surface area (Å²) in [6.45, 7) is 0. The molecule has 0 aliphatic heterocycles. The highest BCUT2D eigenvalue weighted by molar-refractivity contribution is 7.17. The Hall–Kier alpha value is -2.67. The first-order valence-electron chi connectivity index (χ1n) is 8.46. The van der Waals surface area contributed by atoms with Crippen LogP contribution >= 0.6 is 11.3 Å². The van der Waals surface area contributed by atoms with E-state index in [2.05, 4.69) is 5.32 Å². The maximum atomic E-state index is 13.5. The van der Waals surface area contributed by atoms with Gasteiger partial charge in [-0.3, -0.25) is 9.59 Å². The number of nitrogens with two attached hydrogens (primary N) is 1. The Labute approximate surface area is 153 Å². The molecule has 0 atom stereocenters. The fraction of sp³-hybridized carbons (Fsp3) is 0.263. The molecule has 1 aliphatic carbocycles.